The van der Waals surface area contributed by atoms with Crippen LogP contribution in [0.1, 0.15) is 0 Å². The number of nitrogens with one attached hydrogen (secondary N) is 1. The van der Waals surface area contributed by atoms with E-state index < -0.39 is 10.0 Å². The lowest BCUT2D eigenvalue weighted by Crippen LogP contribution is -2.21. The predicted molar refractivity (Wildman–Crippen MR) is 82.2 cm³/mol. The van der Waals surface area contributed by atoms with Crippen LogP contribution in [0.25, 0.3) is 0 Å². The van der Waals surface area contributed by atoms with E-state index in [0.717, 1.165) is 12.3 Å². The third-order valence-electron chi connectivity index (χ3n) is 2.69. The highest BCUT2D eigenvalue weighted by atomic mass is 32.2. The van der Waals surface area contributed by atoms with Crippen molar-refractivity contribution in [2.45, 2.75) is 4.90 Å². The molecule has 110 valence electrons. The van der Waals surface area contributed by atoms with Gasteiger partial charge in [-0.3, -0.25) is 0 Å². The van der Waals surface area contributed by atoms with Gasteiger partial charge in [-0.1, -0.05) is 11.8 Å². The second-order valence-corrected chi connectivity index (χ2v) is 7.17. The zero-order valence-corrected chi connectivity index (χ0v) is 13.2. The molecule has 1 aliphatic heterocycles. The lowest BCUT2D eigenvalue weighted by molar-refractivity contribution is 0.413. The molecule has 1 aliphatic rings. The maximum atomic E-state index is 12.1. The first kappa shape index (κ1) is 15.1. The smallest absolute Gasteiger partial charge is 0.286 e. The number of amidine groups is 1. The zero-order valence-electron chi connectivity index (χ0n) is 11.6. The minimum atomic E-state index is -3.66. The van der Waals surface area contributed by atoms with Crippen molar-refractivity contribution >= 4 is 32.6 Å². The Morgan fingerprint density at radius 2 is 2.15 bits per heavy atom. The second kappa shape index (κ2) is 6.02. The summed E-state index contributed by atoms with van der Waals surface area (Å²) in [5.41, 5.74) is 0.535. The van der Waals surface area contributed by atoms with Crippen molar-refractivity contribution in [2.24, 2.45) is 4.40 Å². The molecule has 0 amide bonds. The van der Waals surface area contributed by atoms with Gasteiger partial charge in [0, 0.05) is 18.4 Å². The second-order valence-electron chi connectivity index (χ2n) is 4.51. The highest BCUT2D eigenvalue weighted by Crippen LogP contribution is 2.32. The van der Waals surface area contributed by atoms with Crippen LogP contribution in [0.2, 0.25) is 0 Å². The molecule has 0 unspecified atom stereocenters. The molecule has 1 N–H and O–H groups in total. The molecule has 0 radical (unpaired) electrons. The number of anilines is 1. The van der Waals surface area contributed by atoms with Crippen molar-refractivity contribution in [2.75, 3.05) is 38.8 Å². The number of hydrogen-bond acceptors (Lipinski definition) is 6. The molecule has 0 atom stereocenters. The molecule has 1 aromatic carbocycles. The first-order valence-electron chi connectivity index (χ1n) is 6.00. The molecule has 0 fully saturated rings. The third-order valence-corrected chi connectivity index (χ3v) is 4.97. The molecule has 2 rings (SSSR count). The Bertz CT molecular complexity index is 627. The van der Waals surface area contributed by atoms with Crippen molar-refractivity contribution in [1.82, 2.24) is 4.90 Å². The number of benzene rings is 1. The number of methoxy groups -OCH3 is 1. The summed E-state index contributed by atoms with van der Waals surface area (Å²) in [6, 6.07) is 4.88. The van der Waals surface area contributed by atoms with Gasteiger partial charge in [0.1, 0.15) is 10.6 Å². The van der Waals surface area contributed by atoms with Crippen LogP contribution in [0.15, 0.2) is 27.5 Å². The minimum absolute atomic E-state index is 0.147. The van der Waals surface area contributed by atoms with Crippen molar-refractivity contribution in [3.05, 3.63) is 18.2 Å². The van der Waals surface area contributed by atoms with Gasteiger partial charge in [-0.15, -0.1) is 4.40 Å². The van der Waals surface area contributed by atoms with Crippen LogP contribution in [0, 0.1) is 0 Å². The molecule has 8 heteroatoms. The van der Waals surface area contributed by atoms with E-state index >= 15 is 0 Å². The van der Waals surface area contributed by atoms with Gasteiger partial charge in [-0.2, -0.15) is 8.42 Å². The van der Waals surface area contributed by atoms with E-state index in [1.54, 1.807) is 12.1 Å². The van der Waals surface area contributed by atoms with Crippen LogP contribution in [0.5, 0.6) is 5.75 Å². The average Bonchev–Trinajstić information content (AvgIpc) is 2.37. The van der Waals surface area contributed by atoms with Gasteiger partial charge in [0.2, 0.25) is 0 Å². The molecular formula is C12H17N3O3S2. The fourth-order valence-electron chi connectivity index (χ4n) is 1.63. The fraction of sp³-hybridized carbons (Fsp3) is 0.417. The van der Waals surface area contributed by atoms with Crippen LogP contribution in [-0.2, 0) is 10.0 Å². The molecule has 0 aromatic heterocycles. The van der Waals surface area contributed by atoms with E-state index in [2.05, 4.69) is 9.71 Å². The van der Waals surface area contributed by atoms with Gasteiger partial charge >= 0.3 is 0 Å². The van der Waals surface area contributed by atoms with Crippen LogP contribution in [-0.4, -0.2) is 52.0 Å². The van der Waals surface area contributed by atoms with E-state index in [9.17, 15) is 8.42 Å². The summed E-state index contributed by atoms with van der Waals surface area (Å²) in [6.07, 6.45) is 0. The molecule has 6 nitrogen and oxygen atoms in total. The van der Waals surface area contributed by atoms with Crippen molar-refractivity contribution in [1.29, 1.82) is 0 Å². The fourth-order valence-corrected chi connectivity index (χ4v) is 3.99. The van der Waals surface area contributed by atoms with Crippen LogP contribution < -0.4 is 10.1 Å². The van der Waals surface area contributed by atoms with Crippen LogP contribution >= 0.6 is 11.8 Å². The molecule has 20 heavy (non-hydrogen) atoms. The summed E-state index contributed by atoms with van der Waals surface area (Å²) < 4.78 is 33.1. The van der Waals surface area contributed by atoms with E-state index in [4.69, 9.17) is 4.74 Å². The largest absolute Gasteiger partial charge is 0.497 e. The zero-order chi connectivity index (χ0) is 14.8. The monoisotopic (exact) mass is 315 g/mol. The Morgan fingerprint density at radius 3 is 2.80 bits per heavy atom. The van der Waals surface area contributed by atoms with Gasteiger partial charge in [0.25, 0.3) is 10.0 Å². The molecule has 0 saturated carbocycles. The van der Waals surface area contributed by atoms with Gasteiger partial charge in [-0.05, 0) is 26.2 Å². The van der Waals surface area contributed by atoms with Crippen LogP contribution in [0.3, 0.4) is 0 Å². The molecule has 0 bridgehead atoms. The number of hydrogen-bond donors (Lipinski definition) is 1. The van der Waals surface area contributed by atoms with Gasteiger partial charge in [0.15, 0.2) is 5.17 Å². The molecule has 1 aromatic rings. The number of rotatable bonds is 4. The average molecular weight is 315 g/mol. The third kappa shape index (κ3) is 3.44. The topological polar surface area (TPSA) is 71.0 Å². The Kier molecular flexibility index (Phi) is 4.56. The van der Waals surface area contributed by atoms with E-state index in [0.29, 0.717) is 16.6 Å². The summed E-state index contributed by atoms with van der Waals surface area (Å²) >= 11 is 1.39. The lowest BCUT2D eigenvalue weighted by Gasteiger charge is -2.18. The standard InChI is InChI=1S/C12H17N3O3S2/c1-15(2)6-7-19-12-13-10-5-4-9(18-3)8-11(10)20(16,17)14-12/h4-5,8H,6-7H2,1-3H3,(H,13,14). The minimum Gasteiger partial charge on any atom is -0.497 e. The van der Waals surface area contributed by atoms with Gasteiger partial charge in [0.05, 0.1) is 12.8 Å². The summed E-state index contributed by atoms with van der Waals surface area (Å²) in [4.78, 5) is 2.18. The van der Waals surface area contributed by atoms with E-state index in [1.165, 1.54) is 24.9 Å². The van der Waals surface area contributed by atoms with Crippen molar-refractivity contribution in [3.63, 3.8) is 0 Å². The van der Waals surface area contributed by atoms with Crippen molar-refractivity contribution in [3.8, 4) is 5.75 Å². The quantitative estimate of drug-likeness (QED) is 0.907. The van der Waals surface area contributed by atoms with Crippen LogP contribution in [0.4, 0.5) is 5.69 Å². The highest BCUT2D eigenvalue weighted by molar-refractivity contribution is 8.14. The summed E-state index contributed by atoms with van der Waals surface area (Å²) in [6.45, 7) is 0.848. The highest BCUT2D eigenvalue weighted by Gasteiger charge is 2.25. The Hall–Kier alpha value is -1.25. The van der Waals surface area contributed by atoms with Crippen molar-refractivity contribution < 1.29 is 13.2 Å². The molecule has 0 aliphatic carbocycles. The summed E-state index contributed by atoms with van der Waals surface area (Å²) in [7, 11) is 1.77. The first-order valence-corrected chi connectivity index (χ1v) is 8.42. The molecule has 1 heterocycles. The Labute approximate surface area is 123 Å². The summed E-state index contributed by atoms with van der Waals surface area (Å²) in [5, 5.41) is 3.44. The van der Waals surface area contributed by atoms with Gasteiger partial charge in [-0.25, -0.2) is 0 Å². The van der Waals surface area contributed by atoms with E-state index in [-0.39, 0.29) is 4.90 Å². The number of fused-ring (bicyclic) bond motifs is 1. The first-order chi connectivity index (χ1) is 9.42. The maximum absolute atomic E-state index is 12.1. The predicted octanol–water partition coefficient (Wildman–Crippen LogP) is 1.46. The number of sulfonamides is 1. The Balaban J connectivity index is 2.21. The summed E-state index contributed by atoms with van der Waals surface area (Å²) in [5.74, 6) is 1.26. The molecule has 0 spiro atoms. The Morgan fingerprint density at radius 1 is 1.40 bits per heavy atom. The van der Waals surface area contributed by atoms with Gasteiger partial charge < -0.3 is 15.0 Å². The maximum Gasteiger partial charge on any atom is 0.286 e. The molecule has 0 saturated heterocycles. The van der Waals surface area contributed by atoms with E-state index in [1.807, 2.05) is 19.0 Å². The lowest BCUT2D eigenvalue weighted by atomic mass is 10.3. The molecular weight excluding hydrogens is 298 g/mol. The normalized spacial score (nSPS) is 16.3. The number of thioether (sulfide) groups is 1. The number of nitrogens with zero attached hydrogens (tertiary/aromatic N) is 2. The SMILES string of the molecule is COc1ccc2c(c1)S(=O)(=O)N=C(SCCN(C)C)N2. The number of ether oxygens (including phenoxy) is 1.